The van der Waals surface area contributed by atoms with Crippen molar-refractivity contribution in [2.45, 2.75) is 36.7 Å². The zero-order valence-electron chi connectivity index (χ0n) is 8.51. The smallest absolute Gasteiger partial charge is 0.137 e. The molecule has 0 atom stereocenters. The average molecular weight is 289 g/mol. The molecule has 1 saturated carbocycles. The van der Waals surface area contributed by atoms with Crippen molar-refractivity contribution in [1.29, 1.82) is 0 Å². The number of halogens is 2. The van der Waals surface area contributed by atoms with Gasteiger partial charge in [-0.3, -0.25) is 0 Å². The van der Waals surface area contributed by atoms with Crippen molar-refractivity contribution in [3.8, 4) is 0 Å². The first-order chi connectivity index (χ1) is 7.27. The second kappa shape index (κ2) is 5.35. The molecule has 0 aliphatic heterocycles. The summed E-state index contributed by atoms with van der Waals surface area (Å²) < 4.78 is 13.9. The topological polar surface area (TPSA) is 0 Å². The van der Waals surface area contributed by atoms with Gasteiger partial charge in [0.05, 0.1) is 4.47 Å². The first-order valence-corrected chi connectivity index (χ1v) is 7.16. The Hall–Kier alpha value is -0.0200. The van der Waals surface area contributed by atoms with Gasteiger partial charge in [-0.25, -0.2) is 4.39 Å². The number of thioether (sulfide) groups is 1. The number of rotatable bonds is 3. The standard InChI is InChI=1S/C12H14BrFS/c13-12-9(4-3-7-11(12)14)8-15-10-5-1-2-6-10/h3-4,7,10H,1-2,5-6,8H2. The van der Waals surface area contributed by atoms with E-state index in [1.54, 1.807) is 6.07 Å². The molecule has 1 aliphatic rings. The van der Waals surface area contributed by atoms with Gasteiger partial charge in [-0.1, -0.05) is 25.0 Å². The van der Waals surface area contributed by atoms with Gasteiger partial charge < -0.3 is 0 Å². The Kier molecular flexibility index (Phi) is 4.09. The molecule has 1 fully saturated rings. The van der Waals surface area contributed by atoms with Gasteiger partial charge in [-0.05, 0) is 40.4 Å². The predicted molar refractivity (Wildman–Crippen MR) is 67.7 cm³/mol. The SMILES string of the molecule is Fc1cccc(CSC2CCCC2)c1Br. The number of hydrogen-bond acceptors (Lipinski definition) is 1. The van der Waals surface area contributed by atoms with Crippen molar-refractivity contribution in [2.24, 2.45) is 0 Å². The highest BCUT2D eigenvalue weighted by atomic mass is 79.9. The fourth-order valence-electron chi connectivity index (χ4n) is 1.92. The van der Waals surface area contributed by atoms with Gasteiger partial charge in [0.25, 0.3) is 0 Å². The Bertz CT molecular complexity index is 334. The average Bonchev–Trinajstić information content (AvgIpc) is 2.73. The Morgan fingerprint density at radius 1 is 1.33 bits per heavy atom. The summed E-state index contributed by atoms with van der Waals surface area (Å²) in [6.45, 7) is 0. The highest BCUT2D eigenvalue weighted by Gasteiger charge is 2.16. The third kappa shape index (κ3) is 2.97. The number of benzene rings is 1. The normalized spacial score (nSPS) is 17.2. The van der Waals surface area contributed by atoms with Crippen LogP contribution in [-0.4, -0.2) is 5.25 Å². The molecule has 0 saturated heterocycles. The molecule has 1 aromatic carbocycles. The minimum absolute atomic E-state index is 0.153. The van der Waals surface area contributed by atoms with Crippen LogP contribution in [0.15, 0.2) is 22.7 Å². The van der Waals surface area contributed by atoms with Crippen LogP contribution in [0.1, 0.15) is 31.2 Å². The fourth-order valence-corrected chi connectivity index (χ4v) is 3.84. The molecule has 82 valence electrons. The molecule has 0 aromatic heterocycles. The minimum Gasteiger partial charge on any atom is -0.206 e. The van der Waals surface area contributed by atoms with Crippen LogP contribution in [0.5, 0.6) is 0 Å². The summed E-state index contributed by atoms with van der Waals surface area (Å²) in [4.78, 5) is 0. The Morgan fingerprint density at radius 2 is 2.07 bits per heavy atom. The second-order valence-corrected chi connectivity index (χ2v) is 6.01. The maximum atomic E-state index is 13.2. The van der Waals surface area contributed by atoms with Crippen LogP contribution in [0, 0.1) is 5.82 Å². The van der Waals surface area contributed by atoms with Gasteiger partial charge in [-0.2, -0.15) is 11.8 Å². The fraction of sp³-hybridized carbons (Fsp3) is 0.500. The lowest BCUT2D eigenvalue weighted by atomic mass is 10.2. The van der Waals surface area contributed by atoms with Crippen LogP contribution >= 0.6 is 27.7 Å². The molecule has 0 N–H and O–H groups in total. The summed E-state index contributed by atoms with van der Waals surface area (Å²) in [5.74, 6) is 0.766. The highest BCUT2D eigenvalue weighted by Crippen LogP contribution is 2.33. The number of hydrogen-bond donors (Lipinski definition) is 0. The van der Waals surface area contributed by atoms with Crippen LogP contribution in [0.4, 0.5) is 4.39 Å². The van der Waals surface area contributed by atoms with Gasteiger partial charge in [-0.15, -0.1) is 0 Å². The molecule has 0 heterocycles. The van der Waals surface area contributed by atoms with Crippen LogP contribution in [0.25, 0.3) is 0 Å². The van der Waals surface area contributed by atoms with Crippen molar-refractivity contribution < 1.29 is 4.39 Å². The summed E-state index contributed by atoms with van der Waals surface area (Å²) in [7, 11) is 0. The lowest BCUT2D eigenvalue weighted by Crippen LogP contribution is -1.96. The lowest BCUT2D eigenvalue weighted by Gasteiger charge is -2.09. The van der Waals surface area contributed by atoms with Crippen molar-refractivity contribution in [3.05, 3.63) is 34.1 Å². The van der Waals surface area contributed by atoms with Crippen LogP contribution in [-0.2, 0) is 5.75 Å². The molecular weight excluding hydrogens is 275 g/mol. The molecule has 1 aromatic rings. The van der Waals surface area contributed by atoms with Crippen LogP contribution in [0.3, 0.4) is 0 Å². The van der Waals surface area contributed by atoms with E-state index in [9.17, 15) is 4.39 Å². The van der Waals surface area contributed by atoms with E-state index in [1.807, 2.05) is 17.8 Å². The Labute approximate surface area is 103 Å². The van der Waals surface area contributed by atoms with Gasteiger partial charge >= 0.3 is 0 Å². The Balaban J connectivity index is 1.95. The molecule has 15 heavy (non-hydrogen) atoms. The van der Waals surface area contributed by atoms with Crippen molar-refractivity contribution in [3.63, 3.8) is 0 Å². The van der Waals surface area contributed by atoms with Gasteiger partial charge in [0.2, 0.25) is 0 Å². The summed E-state index contributed by atoms with van der Waals surface area (Å²) in [5.41, 5.74) is 1.08. The van der Waals surface area contributed by atoms with Crippen LogP contribution < -0.4 is 0 Å². The second-order valence-electron chi connectivity index (χ2n) is 3.93. The van der Waals surface area contributed by atoms with E-state index in [4.69, 9.17) is 0 Å². The highest BCUT2D eigenvalue weighted by molar-refractivity contribution is 9.10. The van der Waals surface area contributed by atoms with Gasteiger partial charge in [0.15, 0.2) is 0 Å². The minimum atomic E-state index is -0.153. The zero-order chi connectivity index (χ0) is 10.7. The van der Waals surface area contributed by atoms with Gasteiger partial charge in [0, 0.05) is 11.0 Å². The van der Waals surface area contributed by atoms with Crippen molar-refractivity contribution >= 4 is 27.7 Å². The van der Waals surface area contributed by atoms with Crippen LogP contribution in [0.2, 0.25) is 0 Å². The molecule has 0 unspecified atom stereocenters. The van der Waals surface area contributed by atoms with E-state index in [0.717, 1.165) is 16.6 Å². The summed E-state index contributed by atoms with van der Waals surface area (Å²) in [6, 6.07) is 5.27. The largest absolute Gasteiger partial charge is 0.206 e. The molecule has 0 bridgehead atoms. The summed E-state index contributed by atoms with van der Waals surface area (Å²) in [6.07, 6.45) is 5.39. The van der Waals surface area contributed by atoms with E-state index in [0.29, 0.717) is 4.47 Å². The molecule has 0 amide bonds. The molecule has 0 spiro atoms. The van der Waals surface area contributed by atoms with Crippen molar-refractivity contribution in [2.75, 3.05) is 0 Å². The van der Waals surface area contributed by atoms with Gasteiger partial charge in [0.1, 0.15) is 5.82 Å². The molecule has 3 heteroatoms. The predicted octanol–water partition coefficient (Wildman–Crippen LogP) is 4.76. The van der Waals surface area contributed by atoms with E-state index in [-0.39, 0.29) is 5.82 Å². The van der Waals surface area contributed by atoms with E-state index < -0.39 is 0 Å². The maximum absolute atomic E-state index is 13.2. The van der Waals surface area contributed by atoms with E-state index in [2.05, 4.69) is 15.9 Å². The van der Waals surface area contributed by atoms with E-state index in [1.165, 1.54) is 31.7 Å². The first kappa shape index (κ1) is 11.5. The maximum Gasteiger partial charge on any atom is 0.137 e. The molecule has 0 radical (unpaired) electrons. The molecular formula is C12H14BrFS. The lowest BCUT2D eigenvalue weighted by molar-refractivity contribution is 0.619. The van der Waals surface area contributed by atoms with E-state index >= 15 is 0 Å². The quantitative estimate of drug-likeness (QED) is 0.772. The van der Waals surface area contributed by atoms with Crippen molar-refractivity contribution in [1.82, 2.24) is 0 Å². The molecule has 1 aliphatic carbocycles. The zero-order valence-corrected chi connectivity index (χ0v) is 10.9. The molecule has 2 rings (SSSR count). The first-order valence-electron chi connectivity index (χ1n) is 5.32. The molecule has 0 nitrogen and oxygen atoms in total. The summed E-state index contributed by atoms with van der Waals surface area (Å²) >= 11 is 5.26. The monoisotopic (exact) mass is 288 g/mol. The third-order valence-electron chi connectivity index (χ3n) is 2.81. The third-order valence-corrected chi connectivity index (χ3v) is 5.12. The Morgan fingerprint density at radius 3 is 2.80 bits per heavy atom. The summed E-state index contributed by atoms with van der Waals surface area (Å²) in [5, 5.41) is 0.792.